The lowest BCUT2D eigenvalue weighted by Crippen LogP contribution is -2.35. The van der Waals surface area contributed by atoms with E-state index in [1.165, 1.54) is 0 Å². The molecule has 0 saturated heterocycles. The fourth-order valence-corrected chi connectivity index (χ4v) is 2.30. The molecule has 4 nitrogen and oxygen atoms in total. The van der Waals surface area contributed by atoms with Gasteiger partial charge < -0.3 is 4.52 Å². The fourth-order valence-electron chi connectivity index (χ4n) is 1.90. The quantitative estimate of drug-likeness (QED) is 0.806. The van der Waals surface area contributed by atoms with Gasteiger partial charge in [-0.1, -0.05) is 53.2 Å². The van der Waals surface area contributed by atoms with Crippen LogP contribution in [-0.2, 0) is 9.98 Å². The van der Waals surface area contributed by atoms with Gasteiger partial charge in [-0.05, 0) is 28.5 Å². The highest BCUT2D eigenvalue weighted by Gasteiger charge is 2.36. The predicted molar refractivity (Wildman–Crippen MR) is 76.2 cm³/mol. The Morgan fingerprint density at radius 2 is 1.58 bits per heavy atom. The fraction of sp³-hybridized carbons (Fsp3) is 0.571. The van der Waals surface area contributed by atoms with Crippen molar-refractivity contribution >= 4 is 7.82 Å². The Morgan fingerprint density at radius 1 is 1.11 bits per heavy atom. The minimum absolute atomic E-state index is 0.0393. The van der Waals surface area contributed by atoms with E-state index in [9.17, 15) is 4.57 Å². The van der Waals surface area contributed by atoms with E-state index in [4.69, 9.17) is 9.79 Å². The monoisotopic (exact) mass is 286 g/mol. The zero-order valence-electron chi connectivity index (χ0n) is 12.2. The van der Waals surface area contributed by atoms with E-state index in [-0.39, 0.29) is 16.6 Å². The number of phosphoric acid groups is 1. The Bertz CT molecular complexity index is 471. The first-order valence-electron chi connectivity index (χ1n) is 6.35. The van der Waals surface area contributed by atoms with Crippen molar-refractivity contribution in [1.82, 2.24) is 0 Å². The van der Waals surface area contributed by atoms with Gasteiger partial charge in [0.1, 0.15) is 5.75 Å². The molecule has 1 rings (SSSR count). The normalized spacial score (nSPS) is 13.4. The van der Waals surface area contributed by atoms with E-state index in [1.807, 2.05) is 12.1 Å². The second-order valence-corrected chi connectivity index (χ2v) is 7.13. The van der Waals surface area contributed by atoms with Crippen LogP contribution in [0.1, 0.15) is 46.6 Å². The highest BCUT2D eigenvalue weighted by molar-refractivity contribution is 7.46. The average Bonchev–Trinajstić information content (AvgIpc) is 2.27. The van der Waals surface area contributed by atoms with Gasteiger partial charge in [-0.15, -0.1) is 0 Å². The van der Waals surface area contributed by atoms with Crippen LogP contribution < -0.4 is 4.52 Å². The smallest absolute Gasteiger partial charge is 0.404 e. The molecule has 0 bridgehead atoms. The molecule has 1 aromatic rings. The highest BCUT2D eigenvalue weighted by atomic mass is 31.2. The van der Waals surface area contributed by atoms with E-state index in [0.29, 0.717) is 0 Å². The van der Waals surface area contributed by atoms with Crippen molar-refractivity contribution in [2.24, 2.45) is 5.41 Å². The molecule has 0 amide bonds. The second-order valence-electron chi connectivity index (χ2n) is 5.97. The maximum Gasteiger partial charge on any atom is 0.524 e. The van der Waals surface area contributed by atoms with E-state index in [1.54, 1.807) is 12.1 Å². The third-order valence-corrected chi connectivity index (χ3v) is 4.82. The van der Waals surface area contributed by atoms with E-state index < -0.39 is 7.82 Å². The SMILES string of the molecule is CCC(C)(C)C(C)(C)c1ccc(OP(=O)(O)O)cc1. The van der Waals surface area contributed by atoms with Crippen LogP contribution in [0, 0.1) is 5.41 Å². The van der Waals surface area contributed by atoms with Gasteiger partial charge in [0.15, 0.2) is 0 Å². The molecule has 2 N–H and O–H groups in total. The molecule has 0 heterocycles. The number of benzene rings is 1. The van der Waals surface area contributed by atoms with Gasteiger partial charge in [-0.2, -0.15) is 0 Å². The van der Waals surface area contributed by atoms with Crippen molar-refractivity contribution in [2.75, 3.05) is 0 Å². The Kier molecular flexibility index (Phi) is 4.51. The first kappa shape index (κ1) is 16.2. The van der Waals surface area contributed by atoms with Crippen LogP contribution in [0.2, 0.25) is 0 Å². The lowest BCUT2D eigenvalue weighted by molar-refractivity contribution is 0.189. The summed E-state index contributed by atoms with van der Waals surface area (Å²) >= 11 is 0. The van der Waals surface area contributed by atoms with Gasteiger partial charge in [0, 0.05) is 0 Å². The number of phosphoric ester groups is 1. The Balaban J connectivity index is 3.02. The molecule has 0 aromatic heterocycles. The van der Waals surface area contributed by atoms with Gasteiger partial charge in [0.2, 0.25) is 0 Å². The molecule has 0 aliphatic carbocycles. The molecule has 0 atom stereocenters. The summed E-state index contributed by atoms with van der Waals surface area (Å²) in [4.78, 5) is 17.5. The Labute approximate surface area is 115 Å². The van der Waals surface area contributed by atoms with Crippen LogP contribution in [0.3, 0.4) is 0 Å². The number of hydrogen-bond acceptors (Lipinski definition) is 2. The lowest BCUT2D eigenvalue weighted by Gasteiger charge is -2.41. The predicted octanol–water partition coefficient (Wildman–Crippen LogP) is 3.87. The van der Waals surface area contributed by atoms with E-state index in [2.05, 4.69) is 39.1 Å². The van der Waals surface area contributed by atoms with Gasteiger partial charge in [0.25, 0.3) is 0 Å². The average molecular weight is 286 g/mol. The maximum absolute atomic E-state index is 10.8. The van der Waals surface area contributed by atoms with Crippen molar-refractivity contribution in [3.63, 3.8) is 0 Å². The maximum atomic E-state index is 10.8. The Hall–Kier alpha value is -0.830. The minimum atomic E-state index is -4.48. The topological polar surface area (TPSA) is 66.8 Å². The molecule has 1 aromatic carbocycles. The number of hydrogen-bond donors (Lipinski definition) is 2. The van der Waals surface area contributed by atoms with E-state index >= 15 is 0 Å². The molecule has 0 aliphatic heterocycles. The lowest BCUT2D eigenvalue weighted by atomic mass is 9.63. The van der Waals surface area contributed by atoms with Gasteiger partial charge >= 0.3 is 7.82 Å². The van der Waals surface area contributed by atoms with Gasteiger partial charge in [0.05, 0.1) is 0 Å². The molecular formula is C14H23O4P. The van der Waals surface area contributed by atoms with E-state index in [0.717, 1.165) is 12.0 Å². The van der Waals surface area contributed by atoms with Crippen LogP contribution >= 0.6 is 7.82 Å². The molecule has 19 heavy (non-hydrogen) atoms. The molecule has 0 radical (unpaired) electrons. The molecular weight excluding hydrogens is 263 g/mol. The standard InChI is InChI=1S/C14H23O4P/c1-6-13(2,3)14(4,5)11-7-9-12(10-8-11)18-19(15,16)17/h7-10H,6H2,1-5H3,(H2,15,16,17). The summed E-state index contributed by atoms with van der Waals surface area (Å²) in [5, 5.41) is 0. The summed E-state index contributed by atoms with van der Waals surface area (Å²) in [6, 6.07) is 6.93. The summed E-state index contributed by atoms with van der Waals surface area (Å²) < 4.78 is 15.3. The van der Waals surface area contributed by atoms with Crippen molar-refractivity contribution in [2.45, 2.75) is 46.5 Å². The van der Waals surface area contributed by atoms with Gasteiger partial charge in [-0.25, -0.2) is 4.57 Å². The summed E-state index contributed by atoms with van der Waals surface area (Å²) in [5.41, 5.74) is 1.21. The molecule has 5 heteroatoms. The van der Waals surface area contributed by atoms with Crippen LogP contribution in [0.25, 0.3) is 0 Å². The zero-order chi connectivity index (χ0) is 14.9. The molecule has 0 saturated carbocycles. The molecule has 108 valence electrons. The first-order valence-corrected chi connectivity index (χ1v) is 7.88. The van der Waals surface area contributed by atoms with Crippen molar-refractivity contribution in [3.05, 3.63) is 29.8 Å². The van der Waals surface area contributed by atoms with Crippen LogP contribution in [0.5, 0.6) is 5.75 Å². The summed E-state index contributed by atoms with van der Waals surface area (Å²) in [6.07, 6.45) is 1.04. The zero-order valence-corrected chi connectivity index (χ0v) is 13.1. The summed E-state index contributed by atoms with van der Waals surface area (Å²) in [6.45, 7) is 10.9. The molecule has 0 fully saturated rings. The largest absolute Gasteiger partial charge is 0.524 e. The number of rotatable bonds is 5. The molecule has 0 spiro atoms. The van der Waals surface area contributed by atoms with Crippen LogP contribution in [0.4, 0.5) is 0 Å². The van der Waals surface area contributed by atoms with Crippen LogP contribution in [-0.4, -0.2) is 9.79 Å². The van der Waals surface area contributed by atoms with Crippen LogP contribution in [0.15, 0.2) is 24.3 Å². The third-order valence-electron chi connectivity index (χ3n) is 4.38. The third kappa shape index (κ3) is 3.82. The Morgan fingerprint density at radius 3 is 1.95 bits per heavy atom. The van der Waals surface area contributed by atoms with Crippen molar-refractivity contribution < 1.29 is 18.9 Å². The second kappa shape index (κ2) is 5.28. The first-order chi connectivity index (χ1) is 8.49. The highest BCUT2D eigenvalue weighted by Crippen LogP contribution is 2.44. The minimum Gasteiger partial charge on any atom is -0.404 e. The van der Waals surface area contributed by atoms with Gasteiger partial charge in [-0.3, -0.25) is 9.79 Å². The molecule has 0 unspecified atom stereocenters. The summed E-state index contributed by atoms with van der Waals surface area (Å²) in [5.74, 6) is 0.183. The summed E-state index contributed by atoms with van der Waals surface area (Å²) in [7, 11) is -4.48. The van der Waals surface area contributed by atoms with Crippen molar-refractivity contribution in [3.8, 4) is 5.75 Å². The molecule has 0 aliphatic rings. The van der Waals surface area contributed by atoms with Crippen molar-refractivity contribution in [1.29, 1.82) is 0 Å².